The zero-order valence-corrected chi connectivity index (χ0v) is 19.7. The maximum Gasteiger partial charge on any atom is 0.255 e. The Kier molecular flexibility index (Phi) is 8.16. The van der Waals surface area contributed by atoms with Crippen molar-refractivity contribution in [1.29, 1.82) is 5.26 Å². The predicted octanol–water partition coefficient (Wildman–Crippen LogP) is 1.90. The number of amides is 2. The van der Waals surface area contributed by atoms with Crippen LogP contribution in [0.5, 0.6) is 0 Å². The van der Waals surface area contributed by atoms with Crippen LogP contribution in [0.15, 0.2) is 24.3 Å². The van der Waals surface area contributed by atoms with Gasteiger partial charge in [0.2, 0.25) is 5.91 Å². The zero-order valence-electron chi connectivity index (χ0n) is 19.7. The second-order valence-corrected chi connectivity index (χ2v) is 9.40. The molecule has 2 rings (SSSR count). The second-order valence-electron chi connectivity index (χ2n) is 9.40. The Hall–Kier alpha value is -2.76. The fraction of sp³-hybridized carbons (Fsp3) is 0.583. The van der Waals surface area contributed by atoms with Gasteiger partial charge in [0.15, 0.2) is 11.4 Å². The van der Waals surface area contributed by atoms with Crippen molar-refractivity contribution in [2.45, 2.75) is 70.8 Å². The number of hydrogen-bond acceptors (Lipinski definition) is 6. The predicted molar refractivity (Wildman–Crippen MR) is 119 cm³/mol. The van der Waals surface area contributed by atoms with Crippen LogP contribution in [0, 0.1) is 17.2 Å². The van der Waals surface area contributed by atoms with E-state index in [0.29, 0.717) is 18.6 Å². The molecule has 0 spiro atoms. The van der Waals surface area contributed by atoms with E-state index in [0.717, 1.165) is 5.56 Å². The van der Waals surface area contributed by atoms with Crippen molar-refractivity contribution in [1.82, 2.24) is 10.6 Å². The third kappa shape index (κ3) is 7.14. The summed E-state index contributed by atoms with van der Waals surface area (Å²) in [6, 6.07) is 8.04. The molecular weight excluding hydrogens is 410 g/mol. The average Bonchev–Trinajstić information content (AvgIpc) is 3.48. The van der Waals surface area contributed by atoms with Crippen LogP contribution in [-0.4, -0.2) is 54.6 Å². The number of nitrogens with one attached hydrogen (secondary N) is 2. The number of carbonyl (C=O) groups excluding carboxylic acids is 3. The van der Waals surface area contributed by atoms with Crippen LogP contribution in [0.1, 0.15) is 52.2 Å². The van der Waals surface area contributed by atoms with E-state index in [1.807, 2.05) is 20.8 Å². The third-order valence-electron chi connectivity index (χ3n) is 5.33. The number of Topliss-reactive ketones (excluding diaryl/α,β-unsaturated/α-hetero) is 1. The van der Waals surface area contributed by atoms with Crippen LogP contribution in [0.4, 0.5) is 0 Å². The quantitative estimate of drug-likeness (QED) is 0.533. The number of benzene rings is 1. The van der Waals surface area contributed by atoms with E-state index in [1.54, 1.807) is 38.1 Å². The molecule has 32 heavy (non-hydrogen) atoms. The van der Waals surface area contributed by atoms with Gasteiger partial charge in [-0.2, -0.15) is 5.26 Å². The van der Waals surface area contributed by atoms with Crippen molar-refractivity contribution >= 4 is 17.6 Å². The number of nitriles is 1. The van der Waals surface area contributed by atoms with Gasteiger partial charge in [-0.25, -0.2) is 0 Å². The van der Waals surface area contributed by atoms with Gasteiger partial charge in [-0.1, -0.05) is 12.1 Å². The number of epoxide rings is 1. The molecule has 0 saturated carbocycles. The van der Waals surface area contributed by atoms with E-state index in [-0.39, 0.29) is 24.0 Å². The molecule has 1 aromatic carbocycles. The van der Waals surface area contributed by atoms with Gasteiger partial charge in [0, 0.05) is 19.4 Å². The van der Waals surface area contributed by atoms with Crippen LogP contribution in [-0.2, 0) is 30.3 Å². The SMILES string of the molecule is CNC(=O)[C@H](CC(=O)[C@@H](NC(=O)[C@@]1(C)CO1)[C@@H](C)OC(C)(C)C)Cc1ccc(C#N)cc1. The van der Waals surface area contributed by atoms with Crippen molar-refractivity contribution in [2.24, 2.45) is 5.92 Å². The molecule has 1 heterocycles. The Bertz CT molecular complexity index is 878. The molecule has 0 bridgehead atoms. The summed E-state index contributed by atoms with van der Waals surface area (Å²) >= 11 is 0. The molecule has 0 aliphatic carbocycles. The van der Waals surface area contributed by atoms with Crippen molar-refractivity contribution < 1.29 is 23.9 Å². The number of nitrogens with zero attached hydrogens (tertiary/aromatic N) is 1. The molecular formula is C24H33N3O5. The third-order valence-corrected chi connectivity index (χ3v) is 5.33. The molecule has 8 heteroatoms. The monoisotopic (exact) mass is 443 g/mol. The topological polar surface area (TPSA) is 121 Å². The first-order valence-corrected chi connectivity index (χ1v) is 10.7. The molecule has 174 valence electrons. The van der Waals surface area contributed by atoms with Gasteiger partial charge in [-0.05, 0) is 58.7 Å². The van der Waals surface area contributed by atoms with Gasteiger partial charge >= 0.3 is 0 Å². The summed E-state index contributed by atoms with van der Waals surface area (Å²) in [5, 5.41) is 14.4. The summed E-state index contributed by atoms with van der Waals surface area (Å²) in [7, 11) is 1.52. The molecule has 0 aromatic heterocycles. The lowest BCUT2D eigenvalue weighted by Gasteiger charge is -2.31. The Morgan fingerprint density at radius 2 is 1.84 bits per heavy atom. The summed E-state index contributed by atoms with van der Waals surface area (Å²) in [5.74, 6) is -1.56. The normalized spacial score (nSPS) is 20.4. The minimum absolute atomic E-state index is 0.0694. The molecule has 1 aromatic rings. The van der Waals surface area contributed by atoms with E-state index in [9.17, 15) is 14.4 Å². The van der Waals surface area contributed by atoms with Crippen LogP contribution in [0.25, 0.3) is 0 Å². The highest BCUT2D eigenvalue weighted by Gasteiger charge is 2.49. The summed E-state index contributed by atoms with van der Waals surface area (Å²) < 4.78 is 11.2. The van der Waals surface area contributed by atoms with Crippen molar-refractivity contribution in [3.05, 3.63) is 35.4 Å². The molecule has 0 radical (unpaired) electrons. The zero-order chi connectivity index (χ0) is 24.1. The van der Waals surface area contributed by atoms with Gasteiger partial charge in [-0.15, -0.1) is 0 Å². The Morgan fingerprint density at radius 1 is 1.25 bits per heavy atom. The van der Waals surface area contributed by atoms with E-state index in [1.165, 1.54) is 7.05 Å². The Morgan fingerprint density at radius 3 is 2.31 bits per heavy atom. The first-order valence-electron chi connectivity index (χ1n) is 10.7. The van der Waals surface area contributed by atoms with E-state index in [2.05, 4.69) is 16.7 Å². The molecule has 8 nitrogen and oxygen atoms in total. The highest BCUT2D eigenvalue weighted by Crippen LogP contribution is 2.27. The molecule has 4 atom stereocenters. The van der Waals surface area contributed by atoms with Crippen LogP contribution < -0.4 is 10.6 Å². The van der Waals surface area contributed by atoms with E-state index >= 15 is 0 Å². The fourth-order valence-corrected chi connectivity index (χ4v) is 3.45. The first-order chi connectivity index (χ1) is 14.9. The fourth-order valence-electron chi connectivity index (χ4n) is 3.45. The van der Waals surface area contributed by atoms with Crippen LogP contribution >= 0.6 is 0 Å². The number of ether oxygens (including phenoxy) is 2. The molecule has 1 saturated heterocycles. The highest BCUT2D eigenvalue weighted by molar-refractivity contribution is 5.95. The van der Waals surface area contributed by atoms with E-state index in [4.69, 9.17) is 14.7 Å². The van der Waals surface area contributed by atoms with Gasteiger partial charge < -0.3 is 20.1 Å². The molecule has 1 aliphatic heterocycles. The maximum absolute atomic E-state index is 13.3. The number of carbonyl (C=O) groups is 3. The van der Waals surface area contributed by atoms with Gasteiger partial charge in [0.25, 0.3) is 5.91 Å². The van der Waals surface area contributed by atoms with Gasteiger partial charge in [-0.3, -0.25) is 14.4 Å². The van der Waals surface area contributed by atoms with Crippen LogP contribution in [0.2, 0.25) is 0 Å². The van der Waals surface area contributed by atoms with Crippen molar-refractivity contribution in [2.75, 3.05) is 13.7 Å². The Balaban J connectivity index is 2.20. The van der Waals surface area contributed by atoms with Gasteiger partial charge in [0.05, 0.1) is 29.9 Å². The lowest BCUT2D eigenvalue weighted by Crippen LogP contribution is -2.54. The maximum atomic E-state index is 13.3. The molecule has 1 fully saturated rings. The summed E-state index contributed by atoms with van der Waals surface area (Å²) in [6.07, 6.45) is -0.346. The smallest absolute Gasteiger partial charge is 0.255 e. The molecule has 1 aliphatic rings. The lowest BCUT2D eigenvalue weighted by atomic mass is 9.89. The van der Waals surface area contributed by atoms with E-state index < -0.39 is 29.3 Å². The molecule has 2 amide bonds. The van der Waals surface area contributed by atoms with Gasteiger partial charge in [0.1, 0.15) is 6.04 Å². The minimum Gasteiger partial charge on any atom is -0.370 e. The van der Waals surface area contributed by atoms with Crippen LogP contribution in [0.3, 0.4) is 0 Å². The number of hydrogen-bond donors (Lipinski definition) is 2. The minimum atomic E-state index is -0.928. The number of ketones is 1. The summed E-state index contributed by atoms with van der Waals surface area (Å²) in [4.78, 5) is 38.4. The molecule has 2 N–H and O–H groups in total. The Labute approximate surface area is 189 Å². The van der Waals surface area contributed by atoms with Crippen molar-refractivity contribution in [3.63, 3.8) is 0 Å². The largest absolute Gasteiger partial charge is 0.370 e. The lowest BCUT2D eigenvalue weighted by molar-refractivity contribution is -0.139. The number of rotatable bonds is 10. The average molecular weight is 444 g/mol. The highest BCUT2D eigenvalue weighted by atomic mass is 16.6. The first kappa shape index (κ1) is 25.5. The molecule has 0 unspecified atom stereocenters. The summed E-state index contributed by atoms with van der Waals surface area (Å²) in [6.45, 7) is 9.31. The second kappa shape index (κ2) is 10.2. The summed E-state index contributed by atoms with van der Waals surface area (Å²) in [5.41, 5.74) is -0.0921. The standard InChI is InChI=1S/C24H33N3O5/c1-15(32-23(2,3)4)20(27-22(30)24(5)14-31-24)19(28)12-18(21(29)26-6)11-16-7-9-17(13-25)10-8-16/h7-10,15,18,20H,11-12,14H2,1-6H3,(H,26,29)(H,27,30)/t15-,18+,20+,24-/m1/s1. The van der Waals surface area contributed by atoms with Crippen molar-refractivity contribution in [3.8, 4) is 6.07 Å².